The Hall–Kier alpha value is -6.21. The zero-order valence-electron chi connectivity index (χ0n) is 89.2. The van der Waals surface area contributed by atoms with Gasteiger partial charge in [0.15, 0.2) is 0 Å². The fourth-order valence-electron chi connectivity index (χ4n) is 19.7. The number of amides is 4. The van der Waals surface area contributed by atoms with Crippen LogP contribution in [0.2, 0.25) is 0 Å². The molecule has 0 N–H and O–H groups in total. The monoisotopic (exact) mass is 2120 g/mol. The molecular formula is C124H184MoN4O8S5. The van der Waals surface area contributed by atoms with Crippen molar-refractivity contribution in [1.29, 1.82) is 0 Å². The van der Waals surface area contributed by atoms with Gasteiger partial charge in [-0.2, -0.15) is 0 Å². The minimum absolute atomic E-state index is 0.653. The number of aryl methyl sites for hydroxylation is 8. The van der Waals surface area contributed by atoms with E-state index in [1.807, 2.05) is 194 Å². The third-order valence-electron chi connectivity index (χ3n) is 28.1. The normalized spacial score (nSPS) is 11.5. The molecule has 0 spiro atoms. The number of rotatable bonds is 72. The van der Waals surface area contributed by atoms with Gasteiger partial charge in [0, 0.05) is 44.5 Å². The number of benzene rings is 8. The molecular weight excluding hydrogens is 1930 g/mol. The van der Waals surface area contributed by atoms with Gasteiger partial charge < -0.3 is 106 Å². The fourth-order valence-corrected chi connectivity index (χ4v) is 21.1. The summed E-state index contributed by atoms with van der Waals surface area (Å²) in [6.45, 7) is 17.9. The predicted octanol–water partition coefficient (Wildman–Crippen LogP) is 35.5. The van der Waals surface area contributed by atoms with Crippen LogP contribution < -0.4 is 36.0 Å². The molecule has 12 nitrogen and oxygen atoms in total. The quantitative estimate of drug-likeness (QED) is 0.0153. The average Bonchev–Trinajstić information content (AvgIpc) is 0.775. The van der Waals surface area contributed by atoms with Gasteiger partial charge in [-0.05, 0) is 151 Å². The van der Waals surface area contributed by atoms with Crippen molar-refractivity contribution in [3.63, 3.8) is 0 Å². The van der Waals surface area contributed by atoms with E-state index in [1.54, 1.807) is 0 Å². The third kappa shape index (κ3) is 46.3. The molecule has 18 heteroatoms. The zero-order chi connectivity index (χ0) is 103. The van der Waals surface area contributed by atoms with Gasteiger partial charge in [0.25, 0.3) is 0 Å². The molecule has 0 bridgehead atoms. The van der Waals surface area contributed by atoms with Crippen molar-refractivity contribution in [2.75, 3.05) is 0 Å². The Balaban J connectivity index is 0.000000392. The van der Waals surface area contributed by atoms with Crippen LogP contribution in [0.3, 0.4) is 0 Å². The van der Waals surface area contributed by atoms with Crippen LogP contribution in [0.4, 0.5) is 64.7 Å². The van der Waals surface area contributed by atoms with Crippen LogP contribution >= 0.6 is 9.82 Å². The summed E-state index contributed by atoms with van der Waals surface area (Å²) < 4.78 is -2.84. The van der Waals surface area contributed by atoms with E-state index in [1.165, 1.54) is 275 Å². The molecule has 8 rings (SSSR count). The number of carboxylic acid groups (broad SMARTS) is 4. The predicted molar refractivity (Wildman–Crippen MR) is 610 cm³/mol. The van der Waals surface area contributed by atoms with E-state index < -0.39 is 39.9 Å². The Bertz CT molecular complexity index is 3830. The van der Waals surface area contributed by atoms with Gasteiger partial charge in [-0.1, -0.05) is 509 Å². The first-order valence-electron chi connectivity index (χ1n) is 56.3. The van der Waals surface area contributed by atoms with Gasteiger partial charge in [-0.15, -0.1) is 0 Å². The van der Waals surface area contributed by atoms with Crippen LogP contribution in [0, 0.1) is 0 Å². The van der Waals surface area contributed by atoms with Gasteiger partial charge in [0.05, 0.1) is 0 Å². The average molecular weight is 2120 g/mol. The topological polar surface area (TPSA) is 161 Å². The Morgan fingerprint density at radius 1 is 0.176 bits per heavy atom. The summed E-state index contributed by atoms with van der Waals surface area (Å²) in [5, 5.41) is 50.5. The molecule has 142 heavy (non-hydrogen) atoms. The molecule has 0 atom stereocenters. The molecule has 0 saturated carbocycles. The molecule has 8 aromatic carbocycles. The van der Waals surface area contributed by atoms with E-state index in [4.69, 9.17) is 51.3 Å². The Morgan fingerprint density at radius 3 is 0.352 bits per heavy atom. The Labute approximate surface area is 901 Å². The van der Waals surface area contributed by atoms with E-state index in [0.29, 0.717) is 45.5 Å². The number of quaternary nitrogens is 4. The first-order valence-corrected chi connectivity index (χ1v) is 60.6. The van der Waals surface area contributed by atoms with Crippen LogP contribution in [0.1, 0.15) is 459 Å². The van der Waals surface area contributed by atoms with Crippen LogP contribution in [0.5, 0.6) is 0 Å². The minimum atomic E-state index is -1.25. The molecule has 784 valence electrons. The number of carbonyl (C=O) groups is 4. The molecule has 0 fully saturated rings. The summed E-state index contributed by atoms with van der Waals surface area (Å²) in [5.41, 5.74) is 13.4. The van der Waals surface area contributed by atoms with Crippen molar-refractivity contribution in [3.8, 4) is 0 Å². The van der Waals surface area contributed by atoms with Gasteiger partial charge in [0.2, 0.25) is 24.4 Å². The summed E-state index contributed by atoms with van der Waals surface area (Å²) >= 11 is 25.2. The molecule has 0 aliphatic carbocycles. The number of hydrogen-bond donors (Lipinski definition) is 0. The van der Waals surface area contributed by atoms with Gasteiger partial charge in [-0.3, -0.25) is 0 Å². The second-order valence-corrected chi connectivity index (χ2v) is 41.7. The van der Waals surface area contributed by atoms with Crippen molar-refractivity contribution in [3.05, 3.63) is 239 Å². The van der Waals surface area contributed by atoms with Crippen LogP contribution in [0.25, 0.3) is 0 Å². The zero-order valence-corrected chi connectivity index (χ0v) is 95.3. The summed E-state index contributed by atoms with van der Waals surface area (Å²) in [5.74, 6) is 0. The molecule has 0 aliphatic heterocycles. The van der Waals surface area contributed by atoms with E-state index in [2.05, 4.69) is 65.2 Å². The molecule has 0 saturated heterocycles. The standard InChI is InChI=1S/4C31H47NO2S.Mo.S/c4*1-3-5-7-9-11-13-15-21-27-23-17-19-25-29(27)32(35,31(33)34)30-26-20-18-24-28(30)22-16-14-12-10-8-6-4-2;;/h4*17-20,23-26H,3-16,21-22H2,1-2H3,(H,33,34);;/q;;;;+4;/p-4. The maximum absolute atomic E-state index is 12.6. The number of para-hydroxylation sites is 8. The van der Waals surface area contributed by atoms with E-state index >= 15 is 0 Å². The first kappa shape index (κ1) is 128. The van der Waals surface area contributed by atoms with Gasteiger partial charge in [0.1, 0.15) is 45.5 Å². The van der Waals surface area contributed by atoms with Gasteiger partial charge in [-0.25, -0.2) is 0 Å². The van der Waals surface area contributed by atoms with Crippen LogP contribution in [-0.4, -0.2) is 24.4 Å². The number of hydrogen-bond acceptors (Lipinski definition) is 13. The molecule has 0 aliphatic rings. The van der Waals surface area contributed by atoms with E-state index in [0.717, 1.165) is 199 Å². The SMILES string of the molecule is CCCCCCCCCc1ccccc1[N+]([S-])(C(=O)[O-])c1ccccc1CCCCCCCCC.CCCCCCCCCc1ccccc1[N+]([S-])(C(=O)[O-])c1ccccc1CCCCCCCCC.CCCCCCCCCc1ccccc1[N+]([S-])(C(=O)[O-])c1ccccc1CCCCCCCCC.CCCCCCCCCc1ccccc1[N+]([S-])(C(=O)[O-])c1ccccc1CCCCCCCCC.[S]=[Mo+4]. The first-order chi connectivity index (χ1) is 69.2. The maximum atomic E-state index is 12.6. The number of unbranched alkanes of at least 4 members (excludes halogenated alkanes) is 48. The van der Waals surface area contributed by atoms with Crippen molar-refractivity contribution >= 4 is 131 Å². The number of nitrogens with zero attached hydrogens (tertiary/aromatic N) is 4. The van der Waals surface area contributed by atoms with Crippen molar-refractivity contribution < 1.29 is 57.6 Å². The van der Waals surface area contributed by atoms with Crippen molar-refractivity contribution in [2.45, 2.75) is 466 Å². The van der Waals surface area contributed by atoms with E-state index in [-0.39, 0.29) is 0 Å². The summed E-state index contributed by atoms with van der Waals surface area (Å²) in [6, 6.07) is 62.3. The molecule has 0 aromatic heterocycles. The van der Waals surface area contributed by atoms with Crippen molar-refractivity contribution in [2.24, 2.45) is 0 Å². The molecule has 4 amide bonds. The Kier molecular flexibility index (Phi) is 72.0. The van der Waals surface area contributed by atoms with Crippen LogP contribution in [-0.2, 0) is 121 Å². The molecule has 0 radical (unpaired) electrons. The summed E-state index contributed by atoms with van der Waals surface area (Å²) in [7, 11) is 4.09. The van der Waals surface area contributed by atoms with Crippen molar-refractivity contribution in [1.82, 2.24) is 15.6 Å². The summed E-state index contributed by atoms with van der Waals surface area (Å²) in [4.78, 5) is 50.5. The third-order valence-corrected chi connectivity index (χ3v) is 30.2. The molecule has 8 aromatic rings. The fraction of sp³-hybridized carbons (Fsp3) is 0.581. The summed E-state index contributed by atoms with van der Waals surface area (Å²) in [6.07, 6.45) is 70.5. The van der Waals surface area contributed by atoms with Gasteiger partial charge >= 0.3 is 27.8 Å². The Morgan fingerprint density at radius 2 is 0.261 bits per heavy atom. The number of carbonyl (C=O) groups excluding carboxylic acids is 4. The van der Waals surface area contributed by atoms with Crippen LogP contribution in [0.15, 0.2) is 194 Å². The second kappa shape index (κ2) is 79.9. The molecule has 0 heterocycles. The second-order valence-electron chi connectivity index (χ2n) is 39.5. The van der Waals surface area contributed by atoms with E-state index in [9.17, 15) is 39.6 Å². The molecule has 0 unspecified atom stereocenters.